The first-order valence-corrected chi connectivity index (χ1v) is 3.26. The van der Waals surface area contributed by atoms with Crippen molar-refractivity contribution in [2.75, 3.05) is 0 Å². The molecule has 1 aromatic carbocycles. The van der Waals surface area contributed by atoms with E-state index in [1.165, 1.54) is 5.56 Å². The molecule has 1 heterocycles. The first kappa shape index (κ1) is 8.08. The Labute approximate surface area is 73.0 Å². The molecule has 1 aromatic rings. The first-order chi connectivity index (χ1) is 4.88. The molecule has 1 aliphatic rings. The maximum atomic E-state index is 5.60. The minimum atomic E-state index is 0. The monoisotopic (exact) mass is 168 g/mol. The first-order valence-electron chi connectivity index (χ1n) is 3.26. The molecule has 2 rings (SSSR count). The van der Waals surface area contributed by atoms with Crippen molar-refractivity contribution in [3.05, 3.63) is 35.4 Å². The van der Waals surface area contributed by atoms with Crippen molar-refractivity contribution in [2.24, 2.45) is 10.7 Å². The van der Waals surface area contributed by atoms with E-state index >= 15 is 0 Å². The SMILES string of the molecule is NC1=NCc2ccccc21.[Cl-].[H+]. The molecule has 0 radical (unpaired) electrons. The molecular formula is C8H9ClN2. The van der Waals surface area contributed by atoms with Crippen molar-refractivity contribution in [2.45, 2.75) is 6.54 Å². The molecule has 58 valence electrons. The highest BCUT2D eigenvalue weighted by atomic mass is 35.5. The van der Waals surface area contributed by atoms with Crippen molar-refractivity contribution < 1.29 is 13.8 Å². The van der Waals surface area contributed by atoms with Crippen LogP contribution in [0.25, 0.3) is 0 Å². The second-order valence-corrected chi connectivity index (χ2v) is 2.36. The Balaban J connectivity index is 0.000000605. The summed E-state index contributed by atoms with van der Waals surface area (Å²) >= 11 is 0. The highest BCUT2D eigenvalue weighted by Gasteiger charge is 2.09. The molecular weight excluding hydrogens is 160 g/mol. The molecule has 0 amide bonds. The predicted molar refractivity (Wildman–Crippen MR) is 42.0 cm³/mol. The summed E-state index contributed by atoms with van der Waals surface area (Å²) in [7, 11) is 0. The molecule has 11 heavy (non-hydrogen) atoms. The molecule has 0 saturated carbocycles. The molecule has 0 atom stereocenters. The van der Waals surface area contributed by atoms with Crippen LogP contribution >= 0.6 is 0 Å². The summed E-state index contributed by atoms with van der Waals surface area (Å²) in [5.41, 5.74) is 7.93. The number of aliphatic imine (C=N–C) groups is 1. The Morgan fingerprint density at radius 2 is 2.09 bits per heavy atom. The number of halogens is 1. The Morgan fingerprint density at radius 1 is 1.36 bits per heavy atom. The van der Waals surface area contributed by atoms with Gasteiger partial charge >= 0.3 is 1.43 Å². The summed E-state index contributed by atoms with van der Waals surface area (Å²) in [5, 5.41) is 0. The van der Waals surface area contributed by atoms with Gasteiger partial charge in [-0.2, -0.15) is 0 Å². The van der Waals surface area contributed by atoms with Crippen LogP contribution < -0.4 is 18.1 Å². The molecule has 1 aliphatic heterocycles. The molecule has 2 N–H and O–H groups in total. The van der Waals surface area contributed by atoms with Gasteiger partial charge in [0.15, 0.2) is 0 Å². The van der Waals surface area contributed by atoms with Gasteiger partial charge in [0.05, 0.1) is 6.54 Å². The number of amidine groups is 1. The summed E-state index contributed by atoms with van der Waals surface area (Å²) in [5.74, 6) is 0.676. The van der Waals surface area contributed by atoms with Crippen molar-refractivity contribution in [3.63, 3.8) is 0 Å². The van der Waals surface area contributed by atoms with Crippen LogP contribution in [0.3, 0.4) is 0 Å². The van der Waals surface area contributed by atoms with E-state index in [0.29, 0.717) is 5.84 Å². The van der Waals surface area contributed by atoms with E-state index in [-0.39, 0.29) is 13.8 Å². The van der Waals surface area contributed by atoms with E-state index in [1.54, 1.807) is 0 Å². The molecule has 0 fully saturated rings. The maximum Gasteiger partial charge on any atom is 1.00 e. The quantitative estimate of drug-likeness (QED) is 0.479. The normalized spacial score (nSPS) is 13.3. The highest BCUT2D eigenvalue weighted by molar-refractivity contribution is 6.00. The number of fused-ring (bicyclic) bond motifs is 1. The lowest BCUT2D eigenvalue weighted by molar-refractivity contribution is -0.00000214. The van der Waals surface area contributed by atoms with Gasteiger partial charge in [-0.1, -0.05) is 24.3 Å². The molecule has 0 aliphatic carbocycles. The second kappa shape index (κ2) is 2.93. The van der Waals surface area contributed by atoms with Gasteiger partial charge in [0, 0.05) is 5.56 Å². The zero-order chi connectivity index (χ0) is 6.97. The van der Waals surface area contributed by atoms with Crippen molar-refractivity contribution >= 4 is 5.84 Å². The fourth-order valence-electron chi connectivity index (χ4n) is 1.16. The summed E-state index contributed by atoms with van der Waals surface area (Å²) in [6.07, 6.45) is 0. The molecule has 3 heteroatoms. The molecule has 0 saturated heterocycles. The standard InChI is InChI=1S/C8H8N2.ClH/c9-8-7-4-2-1-3-6(7)5-10-8;/h1-4H,5H2,(H2,9,10);1H. The lowest BCUT2D eigenvalue weighted by Gasteiger charge is -1.94. The highest BCUT2D eigenvalue weighted by Crippen LogP contribution is 2.15. The Morgan fingerprint density at radius 3 is 2.82 bits per heavy atom. The lowest BCUT2D eigenvalue weighted by atomic mass is 10.1. The summed E-state index contributed by atoms with van der Waals surface area (Å²) in [6, 6.07) is 8.04. The molecule has 0 bridgehead atoms. The minimum Gasteiger partial charge on any atom is -1.00 e. The summed E-state index contributed by atoms with van der Waals surface area (Å²) in [6.45, 7) is 0.752. The van der Waals surface area contributed by atoms with Gasteiger partial charge < -0.3 is 18.1 Å². The third-order valence-electron chi connectivity index (χ3n) is 1.71. The number of hydrogen-bond donors (Lipinski definition) is 1. The van der Waals surface area contributed by atoms with Crippen LogP contribution in [-0.2, 0) is 6.54 Å². The van der Waals surface area contributed by atoms with Crippen LogP contribution in [0.15, 0.2) is 29.3 Å². The lowest BCUT2D eigenvalue weighted by Crippen LogP contribution is -3.00. The van der Waals surface area contributed by atoms with Crippen LogP contribution in [0.2, 0.25) is 0 Å². The van der Waals surface area contributed by atoms with Gasteiger partial charge in [-0.25, -0.2) is 0 Å². The van der Waals surface area contributed by atoms with E-state index in [9.17, 15) is 0 Å². The average Bonchev–Trinajstić information content (AvgIpc) is 2.34. The Bertz CT molecular complexity index is 299. The van der Waals surface area contributed by atoms with Gasteiger partial charge in [-0.3, -0.25) is 4.99 Å². The van der Waals surface area contributed by atoms with E-state index in [4.69, 9.17) is 5.73 Å². The van der Waals surface area contributed by atoms with Crippen molar-refractivity contribution in [1.82, 2.24) is 0 Å². The molecule has 0 unspecified atom stereocenters. The van der Waals surface area contributed by atoms with Crippen molar-refractivity contribution in [3.8, 4) is 0 Å². The third kappa shape index (κ3) is 1.21. The van der Waals surface area contributed by atoms with Gasteiger partial charge in [0.25, 0.3) is 0 Å². The van der Waals surface area contributed by atoms with E-state index in [1.807, 2.05) is 18.2 Å². The molecule has 0 aromatic heterocycles. The topological polar surface area (TPSA) is 38.4 Å². The van der Waals surface area contributed by atoms with Crippen LogP contribution in [0.5, 0.6) is 0 Å². The van der Waals surface area contributed by atoms with Crippen LogP contribution in [0, 0.1) is 0 Å². The van der Waals surface area contributed by atoms with E-state index < -0.39 is 0 Å². The largest absolute Gasteiger partial charge is 1.00 e. The van der Waals surface area contributed by atoms with E-state index in [2.05, 4.69) is 11.1 Å². The Hall–Kier alpha value is -1.02. The zero-order valence-electron chi connectivity index (χ0n) is 6.92. The third-order valence-corrected chi connectivity index (χ3v) is 1.71. The van der Waals surface area contributed by atoms with Crippen LogP contribution in [0.1, 0.15) is 12.6 Å². The zero-order valence-corrected chi connectivity index (χ0v) is 6.67. The fourth-order valence-corrected chi connectivity index (χ4v) is 1.16. The second-order valence-electron chi connectivity index (χ2n) is 2.36. The fraction of sp³-hybridized carbons (Fsp3) is 0.125. The van der Waals surface area contributed by atoms with E-state index in [0.717, 1.165) is 12.1 Å². The summed E-state index contributed by atoms with van der Waals surface area (Å²) < 4.78 is 0. The van der Waals surface area contributed by atoms with Gasteiger partial charge in [-0.05, 0) is 5.56 Å². The van der Waals surface area contributed by atoms with Crippen LogP contribution in [-0.4, -0.2) is 5.84 Å². The van der Waals surface area contributed by atoms with Crippen LogP contribution in [0.4, 0.5) is 0 Å². The number of nitrogens with two attached hydrogens (primary N) is 1. The van der Waals surface area contributed by atoms with Crippen molar-refractivity contribution in [1.29, 1.82) is 0 Å². The number of benzene rings is 1. The Kier molecular flexibility index (Phi) is 2.15. The maximum absolute atomic E-state index is 5.60. The smallest absolute Gasteiger partial charge is 1.00 e. The average molecular weight is 169 g/mol. The number of nitrogens with zero attached hydrogens (tertiary/aromatic N) is 1. The number of rotatable bonds is 0. The predicted octanol–water partition coefficient (Wildman–Crippen LogP) is -1.98. The molecule has 2 nitrogen and oxygen atoms in total. The van der Waals surface area contributed by atoms with Gasteiger partial charge in [0.2, 0.25) is 0 Å². The molecule has 0 spiro atoms. The number of hydrogen-bond acceptors (Lipinski definition) is 2. The minimum absolute atomic E-state index is 0. The van der Waals surface area contributed by atoms with Gasteiger partial charge in [-0.15, -0.1) is 0 Å². The van der Waals surface area contributed by atoms with Gasteiger partial charge in [0.1, 0.15) is 5.84 Å². The summed E-state index contributed by atoms with van der Waals surface area (Å²) in [4.78, 5) is 4.10.